The van der Waals surface area contributed by atoms with Gasteiger partial charge in [-0.25, -0.2) is 4.79 Å². The van der Waals surface area contributed by atoms with Crippen molar-refractivity contribution < 1.29 is 19.4 Å². The Kier molecular flexibility index (Phi) is 5.57. The number of ether oxygens (including phenoxy) is 1. The van der Waals surface area contributed by atoms with Crippen LogP contribution in [0.15, 0.2) is 48.7 Å². The van der Waals surface area contributed by atoms with Crippen LogP contribution in [0.3, 0.4) is 0 Å². The maximum Gasteiger partial charge on any atom is 0.339 e. The summed E-state index contributed by atoms with van der Waals surface area (Å²) in [4.78, 5) is 28.0. The number of methoxy groups -OCH3 is 1. The molecule has 2 N–H and O–H groups in total. The van der Waals surface area contributed by atoms with Gasteiger partial charge in [-0.15, -0.1) is 0 Å². The number of aromatic nitrogens is 1. The van der Waals surface area contributed by atoms with Crippen LogP contribution in [0.25, 0.3) is 10.9 Å². The van der Waals surface area contributed by atoms with Crippen LogP contribution >= 0.6 is 11.6 Å². The van der Waals surface area contributed by atoms with Crippen LogP contribution in [0.5, 0.6) is 5.75 Å². The van der Waals surface area contributed by atoms with E-state index in [1.165, 1.54) is 13.2 Å². The van der Waals surface area contributed by atoms with Crippen LogP contribution in [0, 0.1) is 0 Å². The van der Waals surface area contributed by atoms with E-state index in [1.54, 1.807) is 36.5 Å². The lowest BCUT2D eigenvalue weighted by Crippen LogP contribution is -2.26. The highest BCUT2D eigenvalue weighted by Crippen LogP contribution is 2.23. The zero-order valence-corrected chi connectivity index (χ0v) is 15.3. The smallest absolute Gasteiger partial charge is 0.339 e. The first kappa shape index (κ1) is 18.7. The van der Waals surface area contributed by atoms with Crippen molar-refractivity contribution in [1.82, 2.24) is 10.3 Å². The van der Waals surface area contributed by atoms with Crippen molar-refractivity contribution in [2.24, 2.45) is 0 Å². The topological polar surface area (TPSA) is 88.5 Å². The summed E-state index contributed by atoms with van der Waals surface area (Å²) in [7, 11) is 1.42. The molecule has 3 rings (SSSR count). The highest BCUT2D eigenvalue weighted by molar-refractivity contribution is 6.32. The fraction of sp³-hybridized carbons (Fsp3) is 0.150. The van der Waals surface area contributed by atoms with Gasteiger partial charge >= 0.3 is 5.97 Å². The third-order valence-corrected chi connectivity index (χ3v) is 4.33. The van der Waals surface area contributed by atoms with Gasteiger partial charge in [-0.05, 0) is 42.3 Å². The van der Waals surface area contributed by atoms with E-state index < -0.39 is 5.97 Å². The number of carboxylic acid groups (broad SMARTS) is 1. The number of carbonyl (C=O) groups is 2. The third-order valence-electron chi connectivity index (χ3n) is 4.11. The number of fused-ring (bicyclic) bond motifs is 1. The highest BCUT2D eigenvalue weighted by atomic mass is 35.5. The van der Waals surface area contributed by atoms with Crippen LogP contribution in [-0.4, -0.2) is 35.6 Å². The Morgan fingerprint density at radius 2 is 2.00 bits per heavy atom. The summed E-state index contributed by atoms with van der Waals surface area (Å²) >= 11 is 6.10. The zero-order valence-electron chi connectivity index (χ0n) is 14.5. The summed E-state index contributed by atoms with van der Waals surface area (Å²) in [6.45, 7) is 0.370. The molecule has 0 saturated carbocycles. The first-order chi connectivity index (χ1) is 13.0. The molecule has 27 heavy (non-hydrogen) atoms. The maximum absolute atomic E-state index is 12.6. The minimum absolute atomic E-state index is 0.0988. The lowest BCUT2D eigenvalue weighted by atomic mass is 10.1. The summed E-state index contributed by atoms with van der Waals surface area (Å²) in [6.07, 6.45) is 2.15. The molecule has 138 valence electrons. The Balaban J connectivity index is 1.71. The molecular weight excluding hydrogens is 368 g/mol. The normalized spacial score (nSPS) is 10.6. The number of nitrogens with zero attached hydrogens (tertiary/aromatic N) is 1. The lowest BCUT2D eigenvalue weighted by Gasteiger charge is -2.10. The molecule has 0 fully saturated rings. The molecule has 0 aliphatic heterocycles. The number of halogens is 1. The van der Waals surface area contributed by atoms with Gasteiger partial charge in [0.1, 0.15) is 11.3 Å². The van der Waals surface area contributed by atoms with Gasteiger partial charge in [-0.2, -0.15) is 0 Å². The number of benzene rings is 2. The van der Waals surface area contributed by atoms with Crippen molar-refractivity contribution in [3.63, 3.8) is 0 Å². The lowest BCUT2D eigenvalue weighted by molar-refractivity contribution is 0.0693. The summed E-state index contributed by atoms with van der Waals surface area (Å²) in [5, 5.41) is 13.2. The summed E-state index contributed by atoms with van der Waals surface area (Å²) in [5.41, 5.74) is 1.96. The van der Waals surface area contributed by atoms with Crippen molar-refractivity contribution in [2.75, 3.05) is 13.7 Å². The van der Waals surface area contributed by atoms with E-state index in [1.807, 2.05) is 6.07 Å². The molecule has 0 spiro atoms. The predicted octanol–water partition coefficient (Wildman–Crippen LogP) is 3.57. The molecule has 0 saturated heterocycles. The number of amides is 1. The minimum Gasteiger partial charge on any atom is -0.496 e. The number of carbonyl (C=O) groups excluding carboxylic acids is 1. The SMILES string of the molecule is COc1cc(CCNC(=O)c2cc(Cl)cc3cccnc23)ccc1C(=O)O. The second kappa shape index (κ2) is 8.05. The maximum atomic E-state index is 12.6. The number of aromatic carboxylic acids is 1. The number of nitrogens with one attached hydrogen (secondary N) is 1. The predicted molar refractivity (Wildman–Crippen MR) is 103 cm³/mol. The Morgan fingerprint density at radius 3 is 2.74 bits per heavy atom. The van der Waals surface area contributed by atoms with Gasteiger partial charge in [0.05, 0.1) is 18.2 Å². The van der Waals surface area contributed by atoms with Crippen LogP contribution in [-0.2, 0) is 6.42 Å². The van der Waals surface area contributed by atoms with Crippen LogP contribution in [0.4, 0.5) is 0 Å². The van der Waals surface area contributed by atoms with E-state index >= 15 is 0 Å². The molecule has 2 aromatic carbocycles. The van der Waals surface area contributed by atoms with Crippen molar-refractivity contribution >= 4 is 34.4 Å². The fourth-order valence-corrected chi connectivity index (χ4v) is 3.04. The summed E-state index contributed by atoms with van der Waals surface area (Å²) < 4.78 is 5.11. The number of hydrogen-bond donors (Lipinski definition) is 2. The summed E-state index contributed by atoms with van der Waals surface area (Å²) in [6, 6.07) is 11.8. The molecule has 0 radical (unpaired) electrons. The first-order valence-corrected chi connectivity index (χ1v) is 8.60. The Labute approximate surface area is 160 Å². The summed E-state index contributed by atoms with van der Waals surface area (Å²) in [5.74, 6) is -1.03. The van der Waals surface area contributed by atoms with Crippen molar-refractivity contribution in [3.05, 3.63) is 70.4 Å². The Hall–Kier alpha value is -3.12. The zero-order chi connectivity index (χ0) is 19.4. The molecule has 0 atom stereocenters. The fourth-order valence-electron chi connectivity index (χ4n) is 2.81. The van der Waals surface area contributed by atoms with Crippen LogP contribution < -0.4 is 10.1 Å². The van der Waals surface area contributed by atoms with Crippen molar-refractivity contribution in [3.8, 4) is 5.75 Å². The van der Waals surface area contributed by atoms with Gasteiger partial charge in [0.15, 0.2) is 0 Å². The third kappa shape index (κ3) is 4.17. The molecule has 0 aliphatic rings. The average Bonchev–Trinajstić information content (AvgIpc) is 2.66. The molecule has 0 unspecified atom stereocenters. The molecule has 6 nitrogen and oxygen atoms in total. The highest BCUT2D eigenvalue weighted by Gasteiger charge is 2.14. The van der Waals surface area contributed by atoms with Gasteiger partial charge in [0.2, 0.25) is 0 Å². The second-order valence-corrected chi connectivity index (χ2v) is 6.31. The number of carboxylic acids is 1. The van der Waals surface area contributed by atoms with E-state index in [0.717, 1.165) is 10.9 Å². The first-order valence-electron chi connectivity index (χ1n) is 8.22. The molecule has 1 heterocycles. The van der Waals surface area contributed by atoms with Gasteiger partial charge < -0.3 is 15.2 Å². The quantitative estimate of drug-likeness (QED) is 0.678. The van der Waals surface area contributed by atoms with Crippen LogP contribution in [0.2, 0.25) is 5.02 Å². The molecule has 0 aliphatic carbocycles. The van der Waals surface area contributed by atoms with Gasteiger partial charge in [-0.1, -0.05) is 23.7 Å². The largest absolute Gasteiger partial charge is 0.496 e. The van der Waals surface area contributed by atoms with E-state index in [9.17, 15) is 9.59 Å². The minimum atomic E-state index is -1.05. The van der Waals surface area contributed by atoms with Gasteiger partial charge in [0.25, 0.3) is 5.91 Å². The van der Waals surface area contributed by atoms with E-state index in [-0.39, 0.29) is 17.2 Å². The average molecular weight is 385 g/mol. The van der Waals surface area contributed by atoms with E-state index in [4.69, 9.17) is 21.4 Å². The number of rotatable bonds is 6. The van der Waals surface area contributed by atoms with Crippen molar-refractivity contribution in [2.45, 2.75) is 6.42 Å². The number of pyridine rings is 1. The number of hydrogen-bond acceptors (Lipinski definition) is 4. The Bertz CT molecular complexity index is 1020. The molecular formula is C20H17ClN2O4. The molecule has 1 aromatic heterocycles. The molecule has 1 amide bonds. The molecule has 0 bridgehead atoms. The van der Waals surface area contributed by atoms with Crippen LogP contribution in [0.1, 0.15) is 26.3 Å². The van der Waals surface area contributed by atoms with Gasteiger partial charge in [-0.3, -0.25) is 9.78 Å². The second-order valence-electron chi connectivity index (χ2n) is 5.87. The monoisotopic (exact) mass is 384 g/mol. The standard InChI is InChI=1S/C20H17ClN2O4/c1-27-17-9-12(4-5-15(17)20(25)26)6-8-23-19(24)16-11-14(21)10-13-3-2-7-22-18(13)16/h2-5,7,9-11H,6,8H2,1H3,(H,23,24)(H,25,26). The Morgan fingerprint density at radius 1 is 1.19 bits per heavy atom. The van der Waals surface area contributed by atoms with Gasteiger partial charge in [0, 0.05) is 23.2 Å². The molecule has 7 heteroatoms. The molecule has 3 aromatic rings. The van der Waals surface area contributed by atoms with E-state index in [2.05, 4.69) is 10.3 Å². The van der Waals surface area contributed by atoms with Crippen molar-refractivity contribution in [1.29, 1.82) is 0 Å². The van der Waals surface area contributed by atoms with E-state index in [0.29, 0.717) is 29.1 Å².